The molecule has 0 unspecified atom stereocenters. The molecule has 214 valence electrons. The van der Waals surface area contributed by atoms with Crippen LogP contribution in [0.3, 0.4) is 0 Å². The van der Waals surface area contributed by atoms with Crippen LogP contribution in [0, 0.1) is 18.3 Å². The van der Waals surface area contributed by atoms with E-state index >= 15 is 0 Å². The number of carbonyl (C=O) groups excluding carboxylic acids is 1. The standard InChI is InChI=1S/C36H29BrN2O4/c1-24-7-11-27-5-3-4-6-32(27)33(24)23-43-34-18-10-26(20-35(34)41-2)19-28(21-38)36(40)39-30-14-16-31(17-15-30)42-22-25-8-12-29(37)13-9-25/h3-20H,22-23H2,1-2H3,(H,39,40)/b28-19+. The van der Waals surface area contributed by atoms with E-state index in [9.17, 15) is 10.1 Å². The molecule has 0 spiro atoms. The summed E-state index contributed by atoms with van der Waals surface area (Å²) in [5, 5.41) is 14.8. The van der Waals surface area contributed by atoms with Gasteiger partial charge in [0.2, 0.25) is 0 Å². The zero-order chi connectivity index (χ0) is 30.2. The lowest BCUT2D eigenvalue weighted by Crippen LogP contribution is -2.13. The normalized spacial score (nSPS) is 11.1. The lowest BCUT2D eigenvalue weighted by molar-refractivity contribution is -0.112. The van der Waals surface area contributed by atoms with Gasteiger partial charge in [-0.2, -0.15) is 5.26 Å². The number of fused-ring (bicyclic) bond motifs is 1. The first-order valence-corrected chi connectivity index (χ1v) is 14.4. The van der Waals surface area contributed by atoms with Gasteiger partial charge in [0.05, 0.1) is 7.11 Å². The molecule has 0 saturated carbocycles. The zero-order valence-corrected chi connectivity index (χ0v) is 25.4. The minimum absolute atomic E-state index is 0.0438. The van der Waals surface area contributed by atoms with E-state index < -0.39 is 5.91 Å². The van der Waals surface area contributed by atoms with Crippen LogP contribution >= 0.6 is 15.9 Å². The van der Waals surface area contributed by atoms with E-state index in [1.165, 1.54) is 6.08 Å². The fourth-order valence-electron chi connectivity index (χ4n) is 4.58. The molecule has 43 heavy (non-hydrogen) atoms. The summed E-state index contributed by atoms with van der Waals surface area (Å²) in [5.74, 6) is 1.22. The molecule has 0 heterocycles. The molecular formula is C36H29BrN2O4. The smallest absolute Gasteiger partial charge is 0.266 e. The van der Waals surface area contributed by atoms with E-state index in [2.05, 4.69) is 52.4 Å². The minimum Gasteiger partial charge on any atom is -0.493 e. The van der Waals surface area contributed by atoms with Gasteiger partial charge in [-0.25, -0.2) is 0 Å². The highest BCUT2D eigenvalue weighted by molar-refractivity contribution is 9.10. The lowest BCUT2D eigenvalue weighted by Gasteiger charge is -2.14. The fourth-order valence-corrected chi connectivity index (χ4v) is 4.84. The summed E-state index contributed by atoms with van der Waals surface area (Å²) in [4.78, 5) is 12.9. The van der Waals surface area contributed by atoms with Crippen LogP contribution in [0.25, 0.3) is 16.8 Å². The molecular weight excluding hydrogens is 604 g/mol. The van der Waals surface area contributed by atoms with Crippen molar-refractivity contribution in [2.45, 2.75) is 20.1 Å². The average molecular weight is 634 g/mol. The van der Waals surface area contributed by atoms with Gasteiger partial charge in [0.25, 0.3) is 5.91 Å². The topological polar surface area (TPSA) is 80.6 Å². The van der Waals surface area contributed by atoms with Gasteiger partial charge in [0.1, 0.15) is 30.6 Å². The average Bonchev–Trinajstić information content (AvgIpc) is 3.03. The van der Waals surface area contributed by atoms with Crippen LogP contribution in [-0.4, -0.2) is 13.0 Å². The van der Waals surface area contributed by atoms with Crippen molar-refractivity contribution in [2.75, 3.05) is 12.4 Å². The van der Waals surface area contributed by atoms with Gasteiger partial charge < -0.3 is 19.5 Å². The molecule has 6 nitrogen and oxygen atoms in total. The highest BCUT2D eigenvalue weighted by atomic mass is 79.9. The Labute approximate surface area is 259 Å². The number of nitrogens with zero attached hydrogens (tertiary/aromatic N) is 1. The van der Waals surface area contributed by atoms with Gasteiger partial charge in [-0.15, -0.1) is 0 Å². The van der Waals surface area contributed by atoms with E-state index in [0.29, 0.717) is 41.7 Å². The lowest BCUT2D eigenvalue weighted by atomic mass is 10.0. The van der Waals surface area contributed by atoms with E-state index in [1.54, 1.807) is 49.6 Å². The van der Waals surface area contributed by atoms with Crippen LogP contribution in [0.5, 0.6) is 17.2 Å². The molecule has 0 saturated heterocycles. The molecule has 0 aromatic heterocycles. The van der Waals surface area contributed by atoms with E-state index in [-0.39, 0.29) is 5.57 Å². The molecule has 7 heteroatoms. The van der Waals surface area contributed by atoms with Gasteiger partial charge in [-0.1, -0.05) is 70.5 Å². The van der Waals surface area contributed by atoms with Gasteiger partial charge in [-0.3, -0.25) is 4.79 Å². The van der Waals surface area contributed by atoms with E-state index in [4.69, 9.17) is 14.2 Å². The maximum atomic E-state index is 12.9. The van der Waals surface area contributed by atoms with Crippen molar-refractivity contribution in [3.05, 3.63) is 135 Å². The molecule has 0 atom stereocenters. The van der Waals surface area contributed by atoms with Crippen molar-refractivity contribution < 1.29 is 19.0 Å². The third-order valence-electron chi connectivity index (χ3n) is 6.94. The number of ether oxygens (including phenoxy) is 3. The third-order valence-corrected chi connectivity index (χ3v) is 7.47. The van der Waals surface area contributed by atoms with Crippen molar-refractivity contribution in [1.29, 1.82) is 5.26 Å². The predicted octanol–water partition coefficient (Wildman–Crippen LogP) is 8.62. The largest absolute Gasteiger partial charge is 0.493 e. The second-order valence-electron chi connectivity index (χ2n) is 9.84. The Morgan fingerprint density at radius 2 is 1.65 bits per heavy atom. The molecule has 1 N–H and O–H groups in total. The Kier molecular flexibility index (Phi) is 9.40. The minimum atomic E-state index is -0.517. The Hall–Kier alpha value is -5.06. The van der Waals surface area contributed by atoms with E-state index in [1.807, 2.05) is 42.5 Å². The van der Waals surface area contributed by atoms with Crippen LogP contribution in [0.4, 0.5) is 5.69 Å². The zero-order valence-electron chi connectivity index (χ0n) is 23.8. The number of benzene rings is 5. The summed E-state index contributed by atoms with van der Waals surface area (Å²) >= 11 is 3.42. The first-order valence-electron chi connectivity index (χ1n) is 13.6. The first-order chi connectivity index (χ1) is 20.9. The number of carbonyl (C=O) groups is 1. The molecule has 5 aromatic rings. The SMILES string of the molecule is COc1cc(/C=C(\C#N)C(=O)Nc2ccc(OCc3ccc(Br)cc3)cc2)ccc1OCc1c(C)ccc2ccccc12. The third kappa shape index (κ3) is 7.42. The molecule has 0 radical (unpaired) electrons. The van der Waals surface area contributed by atoms with Gasteiger partial charge in [0, 0.05) is 15.7 Å². The second kappa shape index (κ2) is 13.7. The molecule has 5 aromatic carbocycles. The number of nitrogens with one attached hydrogen (secondary N) is 1. The molecule has 0 aliphatic rings. The molecule has 0 aliphatic carbocycles. The Morgan fingerprint density at radius 1 is 0.884 bits per heavy atom. The number of hydrogen-bond donors (Lipinski definition) is 1. The number of aryl methyl sites for hydroxylation is 1. The van der Waals surface area contributed by atoms with Crippen LogP contribution in [0.1, 0.15) is 22.3 Å². The quantitative estimate of drug-likeness (QED) is 0.123. The number of hydrogen-bond acceptors (Lipinski definition) is 5. The summed E-state index contributed by atoms with van der Waals surface area (Å²) in [7, 11) is 1.56. The summed E-state index contributed by atoms with van der Waals surface area (Å²) in [6.45, 7) is 2.87. The highest BCUT2D eigenvalue weighted by Gasteiger charge is 2.13. The first kappa shape index (κ1) is 29.4. The summed E-state index contributed by atoms with van der Waals surface area (Å²) in [5.41, 5.74) is 4.43. The Morgan fingerprint density at radius 3 is 2.40 bits per heavy atom. The van der Waals surface area contributed by atoms with Crippen LogP contribution in [-0.2, 0) is 18.0 Å². The van der Waals surface area contributed by atoms with Crippen LogP contribution < -0.4 is 19.5 Å². The monoisotopic (exact) mass is 632 g/mol. The van der Waals surface area contributed by atoms with Crippen LogP contribution in [0.15, 0.2) is 113 Å². The number of anilines is 1. The van der Waals surface area contributed by atoms with Crippen molar-refractivity contribution in [2.24, 2.45) is 0 Å². The molecule has 5 rings (SSSR count). The number of nitriles is 1. The van der Waals surface area contributed by atoms with Crippen molar-refractivity contribution >= 4 is 44.4 Å². The van der Waals surface area contributed by atoms with Gasteiger partial charge in [-0.05, 0) is 89.0 Å². The van der Waals surface area contributed by atoms with Crippen LogP contribution in [0.2, 0.25) is 0 Å². The Balaban J connectivity index is 1.23. The molecule has 0 aliphatic heterocycles. The van der Waals surface area contributed by atoms with Gasteiger partial charge >= 0.3 is 0 Å². The number of amides is 1. The van der Waals surface area contributed by atoms with Crippen molar-refractivity contribution in [1.82, 2.24) is 0 Å². The number of halogens is 1. The summed E-state index contributed by atoms with van der Waals surface area (Å²) in [6, 6.07) is 34.6. The second-order valence-corrected chi connectivity index (χ2v) is 10.8. The van der Waals surface area contributed by atoms with Crippen molar-refractivity contribution in [3.63, 3.8) is 0 Å². The summed E-state index contributed by atoms with van der Waals surface area (Å²) in [6.07, 6.45) is 1.52. The summed E-state index contributed by atoms with van der Waals surface area (Å²) < 4.78 is 18.6. The number of rotatable bonds is 10. The molecule has 0 fully saturated rings. The fraction of sp³-hybridized carbons (Fsp3) is 0.111. The maximum Gasteiger partial charge on any atom is 0.266 e. The van der Waals surface area contributed by atoms with E-state index in [0.717, 1.165) is 31.9 Å². The number of methoxy groups -OCH3 is 1. The highest BCUT2D eigenvalue weighted by Crippen LogP contribution is 2.31. The molecule has 0 bridgehead atoms. The predicted molar refractivity (Wildman–Crippen MR) is 173 cm³/mol. The van der Waals surface area contributed by atoms with Gasteiger partial charge in [0.15, 0.2) is 11.5 Å². The Bertz CT molecular complexity index is 1820. The maximum absolute atomic E-state index is 12.9. The molecule has 1 amide bonds. The van der Waals surface area contributed by atoms with Crippen molar-refractivity contribution in [3.8, 4) is 23.3 Å².